The molecule has 0 aliphatic heterocycles. The predicted octanol–water partition coefficient (Wildman–Crippen LogP) is 3.88. The maximum absolute atomic E-state index is 12.9. The number of fused-ring (bicyclic) bond motifs is 1. The quantitative estimate of drug-likeness (QED) is 0.380. The fourth-order valence-corrected chi connectivity index (χ4v) is 5.52. The summed E-state index contributed by atoms with van der Waals surface area (Å²) in [5.41, 5.74) is 7.18. The lowest BCUT2D eigenvalue weighted by molar-refractivity contribution is -0.123. The first-order valence-corrected chi connectivity index (χ1v) is 12.4. The summed E-state index contributed by atoms with van der Waals surface area (Å²) >= 11 is 2.81. The summed E-state index contributed by atoms with van der Waals surface area (Å²) in [7, 11) is 0. The lowest BCUT2D eigenvalue weighted by Crippen LogP contribution is -2.53. The number of aryl methyl sites for hydroxylation is 2. The van der Waals surface area contributed by atoms with Crippen molar-refractivity contribution >= 4 is 40.4 Å². The van der Waals surface area contributed by atoms with Crippen molar-refractivity contribution in [3.63, 3.8) is 0 Å². The van der Waals surface area contributed by atoms with Crippen molar-refractivity contribution in [3.05, 3.63) is 79.7 Å². The standard InChI is InChI=1S/C24H25N3O3S2/c28-22(26-27-24(30)21-15-17-10-5-2-6-11-19(17)32-21)18(14-16-8-3-1-4-9-16)25-23(29)20-12-7-13-31-20/h1,3-4,7-9,12-13,15,18H,2,5-6,10-11,14H2,(H,25,29)(H,26,28)(H,27,30)/t18-/m0/s1. The minimum atomic E-state index is -0.827. The Kier molecular flexibility index (Phi) is 7.34. The van der Waals surface area contributed by atoms with E-state index in [9.17, 15) is 14.4 Å². The van der Waals surface area contributed by atoms with Gasteiger partial charge >= 0.3 is 0 Å². The maximum atomic E-state index is 12.9. The lowest BCUT2D eigenvalue weighted by Gasteiger charge is -2.18. The Bertz CT molecular complexity index is 1050. The van der Waals surface area contributed by atoms with Gasteiger partial charge in [-0.2, -0.15) is 0 Å². The molecule has 166 valence electrons. The molecule has 0 bridgehead atoms. The van der Waals surface area contributed by atoms with E-state index in [2.05, 4.69) is 16.2 Å². The van der Waals surface area contributed by atoms with Gasteiger partial charge in [-0.05, 0) is 54.3 Å². The summed E-state index contributed by atoms with van der Waals surface area (Å²) in [5, 5.41) is 4.60. The van der Waals surface area contributed by atoms with Crippen LogP contribution in [0.15, 0.2) is 53.9 Å². The third kappa shape index (κ3) is 5.63. The van der Waals surface area contributed by atoms with Crippen LogP contribution in [-0.4, -0.2) is 23.8 Å². The Balaban J connectivity index is 1.41. The maximum Gasteiger partial charge on any atom is 0.279 e. The molecule has 3 N–H and O–H groups in total. The highest BCUT2D eigenvalue weighted by Crippen LogP contribution is 2.28. The van der Waals surface area contributed by atoms with Crippen LogP contribution < -0.4 is 16.2 Å². The van der Waals surface area contributed by atoms with Crippen LogP contribution >= 0.6 is 22.7 Å². The van der Waals surface area contributed by atoms with Crippen molar-refractivity contribution in [3.8, 4) is 0 Å². The van der Waals surface area contributed by atoms with Crippen LogP contribution in [0.4, 0.5) is 0 Å². The largest absolute Gasteiger partial charge is 0.339 e. The van der Waals surface area contributed by atoms with Crippen LogP contribution in [-0.2, 0) is 24.1 Å². The number of thiophene rings is 2. The Morgan fingerprint density at radius 2 is 1.69 bits per heavy atom. The zero-order chi connectivity index (χ0) is 22.3. The van der Waals surface area contributed by atoms with E-state index in [1.54, 1.807) is 12.1 Å². The Hall–Kier alpha value is -2.97. The van der Waals surface area contributed by atoms with E-state index in [-0.39, 0.29) is 11.8 Å². The number of nitrogens with one attached hydrogen (secondary N) is 3. The summed E-state index contributed by atoms with van der Waals surface area (Å²) in [6.07, 6.45) is 5.84. The first-order valence-electron chi connectivity index (χ1n) is 10.7. The van der Waals surface area contributed by atoms with Gasteiger partial charge in [0.1, 0.15) is 6.04 Å². The van der Waals surface area contributed by atoms with E-state index in [4.69, 9.17) is 0 Å². The number of hydrogen-bond acceptors (Lipinski definition) is 5. The Morgan fingerprint density at radius 3 is 2.47 bits per heavy atom. The number of carbonyl (C=O) groups excluding carboxylic acids is 3. The topological polar surface area (TPSA) is 87.3 Å². The smallest absolute Gasteiger partial charge is 0.279 e. The van der Waals surface area contributed by atoms with E-state index in [1.807, 2.05) is 41.8 Å². The predicted molar refractivity (Wildman–Crippen MR) is 127 cm³/mol. The lowest BCUT2D eigenvalue weighted by atomic mass is 10.1. The first kappa shape index (κ1) is 22.2. The van der Waals surface area contributed by atoms with Crippen molar-refractivity contribution in [2.45, 2.75) is 44.6 Å². The van der Waals surface area contributed by atoms with Gasteiger partial charge in [-0.1, -0.05) is 42.8 Å². The Morgan fingerprint density at radius 1 is 0.875 bits per heavy atom. The van der Waals surface area contributed by atoms with Crippen molar-refractivity contribution < 1.29 is 14.4 Å². The highest BCUT2D eigenvalue weighted by atomic mass is 32.1. The molecule has 3 amide bonds. The highest BCUT2D eigenvalue weighted by molar-refractivity contribution is 7.14. The molecule has 0 fully saturated rings. The molecule has 3 aromatic rings. The van der Waals surface area contributed by atoms with Crippen molar-refractivity contribution in [2.75, 3.05) is 0 Å². The molecule has 6 nitrogen and oxygen atoms in total. The van der Waals surface area contributed by atoms with Gasteiger partial charge in [0, 0.05) is 11.3 Å². The molecular weight excluding hydrogens is 442 g/mol. The molecule has 0 radical (unpaired) electrons. The molecule has 1 atom stereocenters. The molecule has 1 aliphatic rings. The van der Waals surface area contributed by atoms with E-state index in [0.717, 1.165) is 31.2 Å². The molecule has 0 unspecified atom stereocenters. The summed E-state index contributed by atoms with van der Waals surface area (Å²) in [5.74, 6) is -1.12. The van der Waals surface area contributed by atoms with E-state index in [1.165, 1.54) is 39.5 Å². The third-order valence-corrected chi connectivity index (χ3v) is 7.52. The van der Waals surface area contributed by atoms with E-state index >= 15 is 0 Å². The van der Waals surface area contributed by atoms with Crippen LogP contribution in [0, 0.1) is 0 Å². The molecule has 8 heteroatoms. The number of rotatable bonds is 6. The van der Waals surface area contributed by atoms with Crippen LogP contribution in [0.3, 0.4) is 0 Å². The van der Waals surface area contributed by atoms with Gasteiger partial charge in [0.15, 0.2) is 0 Å². The third-order valence-electron chi connectivity index (χ3n) is 5.42. The molecule has 0 saturated carbocycles. The number of carbonyl (C=O) groups is 3. The van der Waals surface area contributed by atoms with Gasteiger partial charge in [0.25, 0.3) is 17.7 Å². The van der Waals surface area contributed by atoms with Crippen LogP contribution in [0.1, 0.15) is 54.6 Å². The van der Waals surface area contributed by atoms with Crippen molar-refractivity contribution in [1.82, 2.24) is 16.2 Å². The van der Waals surface area contributed by atoms with Gasteiger partial charge in [-0.3, -0.25) is 25.2 Å². The molecule has 0 spiro atoms. The number of hydrogen-bond donors (Lipinski definition) is 3. The van der Waals surface area contributed by atoms with Crippen LogP contribution in [0.25, 0.3) is 0 Å². The second-order valence-electron chi connectivity index (χ2n) is 7.76. The minimum Gasteiger partial charge on any atom is -0.339 e. The fraction of sp³-hybridized carbons (Fsp3) is 0.292. The minimum absolute atomic E-state index is 0.312. The highest BCUT2D eigenvalue weighted by Gasteiger charge is 2.24. The summed E-state index contributed by atoms with van der Waals surface area (Å²) in [6, 6.07) is 14.1. The second-order valence-corrected chi connectivity index (χ2v) is 9.84. The zero-order valence-corrected chi connectivity index (χ0v) is 19.2. The van der Waals surface area contributed by atoms with Gasteiger partial charge in [-0.15, -0.1) is 22.7 Å². The summed E-state index contributed by atoms with van der Waals surface area (Å²) in [4.78, 5) is 40.5. The normalized spacial score (nSPS) is 14.0. The molecular formula is C24H25N3O3S2. The average molecular weight is 468 g/mol. The molecule has 1 aromatic carbocycles. The summed E-state index contributed by atoms with van der Waals surface area (Å²) < 4.78 is 0. The molecule has 1 aliphatic carbocycles. The van der Waals surface area contributed by atoms with Crippen LogP contribution in [0.2, 0.25) is 0 Å². The van der Waals surface area contributed by atoms with Gasteiger partial charge in [0.2, 0.25) is 0 Å². The molecule has 32 heavy (non-hydrogen) atoms. The molecule has 2 aromatic heterocycles. The molecule has 2 heterocycles. The fourth-order valence-electron chi connectivity index (χ4n) is 3.74. The van der Waals surface area contributed by atoms with Crippen molar-refractivity contribution in [2.24, 2.45) is 0 Å². The number of hydrazine groups is 1. The van der Waals surface area contributed by atoms with E-state index in [0.29, 0.717) is 16.2 Å². The van der Waals surface area contributed by atoms with Gasteiger partial charge in [0.05, 0.1) is 9.75 Å². The summed E-state index contributed by atoms with van der Waals surface area (Å²) in [6.45, 7) is 0. The van der Waals surface area contributed by atoms with Crippen molar-refractivity contribution in [1.29, 1.82) is 0 Å². The number of benzene rings is 1. The van der Waals surface area contributed by atoms with Crippen LogP contribution in [0.5, 0.6) is 0 Å². The average Bonchev–Trinajstić information content (AvgIpc) is 3.44. The Labute approximate surface area is 195 Å². The number of amides is 3. The monoisotopic (exact) mass is 467 g/mol. The zero-order valence-electron chi connectivity index (χ0n) is 17.6. The first-order chi connectivity index (χ1) is 15.6. The van der Waals surface area contributed by atoms with E-state index < -0.39 is 11.9 Å². The van der Waals surface area contributed by atoms with Gasteiger partial charge in [-0.25, -0.2) is 0 Å². The second kappa shape index (κ2) is 10.6. The SMILES string of the molecule is O=C(N[C@@H](Cc1ccccc1)C(=O)NNC(=O)c1cc2c(s1)CCCCC2)c1cccs1. The molecule has 0 saturated heterocycles. The van der Waals surface area contributed by atoms with Gasteiger partial charge < -0.3 is 5.32 Å². The molecule has 4 rings (SSSR count).